The number of nitrogens with two attached hydrogens (primary N) is 1. The zero-order valence-corrected chi connectivity index (χ0v) is 10.2. The Morgan fingerprint density at radius 1 is 1.29 bits per heavy atom. The average molecular weight is 233 g/mol. The molecule has 2 atom stereocenters. The van der Waals surface area contributed by atoms with Gasteiger partial charge in [-0.3, -0.25) is 0 Å². The van der Waals surface area contributed by atoms with Crippen LogP contribution in [0.3, 0.4) is 0 Å². The first-order valence-corrected chi connectivity index (χ1v) is 6.21. The maximum atomic E-state index is 5.58. The number of hydrogen-bond acceptors (Lipinski definition) is 5. The van der Waals surface area contributed by atoms with Crippen LogP contribution in [-0.2, 0) is 6.54 Å². The molecule has 5 nitrogen and oxygen atoms in total. The molecule has 3 heterocycles. The normalized spacial score (nSPS) is 28.7. The van der Waals surface area contributed by atoms with Crippen LogP contribution in [0.25, 0.3) is 0 Å². The molecule has 0 bridgehead atoms. The SMILES string of the molecule is CN1CC2CN(c3ccnc(CN)n3)CC2C1. The number of likely N-dealkylation sites (tertiary alicyclic amines) is 1. The molecule has 2 aliphatic heterocycles. The zero-order chi connectivity index (χ0) is 11.8. The molecule has 2 unspecified atom stereocenters. The van der Waals surface area contributed by atoms with E-state index in [2.05, 4.69) is 26.8 Å². The van der Waals surface area contributed by atoms with E-state index in [1.165, 1.54) is 13.1 Å². The lowest BCUT2D eigenvalue weighted by molar-refractivity contribution is 0.387. The molecule has 1 aromatic heterocycles. The molecular weight excluding hydrogens is 214 g/mol. The summed E-state index contributed by atoms with van der Waals surface area (Å²) < 4.78 is 0. The van der Waals surface area contributed by atoms with Gasteiger partial charge in [0.2, 0.25) is 0 Å². The van der Waals surface area contributed by atoms with Gasteiger partial charge in [-0.05, 0) is 24.9 Å². The monoisotopic (exact) mass is 233 g/mol. The van der Waals surface area contributed by atoms with Gasteiger partial charge < -0.3 is 15.5 Å². The minimum Gasteiger partial charge on any atom is -0.356 e. The van der Waals surface area contributed by atoms with E-state index >= 15 is 0 Å². The highest BCUT2D eigenvalue weighted by Gasteiger charge is 2.39. The van der Waals surface area contributed by atoms with Crippen molar-refractivity contribution >= 4 is 5.82 Å². The molecule has 2 N–H and O–H groups in total. The molecule has 0 radical (unpaired) electrons. The van der Waals surface area contributed by atoms with Gasteiger partial charge in [0.05, 0.1) is 6.54 Å². The Kier molecular flexibility index (Phi) is 2.72. The Hall–Kier alpha value is -1.20. The van der Waals surface area contributed by atoms with Crippen molar-refractivity contribution in [1.29, 1.82) is 0 Å². The highest BCUT2D eigenvalue weighted by atomic mass is 15.3. The van der Waals surface area contributed by atoms with E-state index in [0.717, 1.165) is 36.6 Å². The quantitative estimate of drug-likeness (QED) is 0.775. The fourth-order valence-electron chi connectivity index (χ4n) is 3.08. The predicted molar refractivity (Wildman–Crippen MR) is 66.6 cm³/mol. The van der Waals surface area contributed by atoms with Crippen LogP contribution in [0.1, 0.15) is 5.82 Å². The average Bonchev–Trinajstić information content (AvgIpc) is 2.86. The summed E-state index contributed by atoms with van der Waals surface area (Å²) in [6.07, 6.45) is 1.81. The van der Waals surface area contributed by atoms with E-state index in [1.807, 2.05) is 12.3 Å². The van der Waals surface area contributed by atoms with Crippen LogP contribution in [0.4, 0.5) is 5.82 Å². The van der Waals surface area contributed by atoms with Crippen LogP contribution in [0.15, 0.2) is 12.3 Å². The summed E-state index contributed by atoms with van der Waals surface area (Å²) in [5.41, 5.74) is 5.58. The Bertz CT molecular complexity index is 394. The molecule has 0 aliphatic carbocycles. The first kappa shape index (κ1) is 10.9. The van der Waals surface area contributed by atoms with E-state index in [4.69, 9.17) is 5.73 Å². The van der Waals surface area contributed by atoms with Gasteiger partial charge in [-0.2, -0.15) is 0 Å². The standard InChI is InChI=1S/C12H19N5/c1-16-5-9-7-17(8-10(9)6-16)12-2-3-14-11(4-13)15-12/h2-3,9-10H,4-8,13H2,1H3. The summed E-state index contributed by atoms with van der Waals surface area (Å²) in [6, 6.07) is 1.99. The van der Waals surface area contributed by atoms with Gasteiger partial charge in [-0.15, -0.1) is 0 Å². The molecule has 0 spiro atoms. The first-order chi connectivity index (χ1) is 8.26. The fourth-order valence-corrected chi connectivity index (χ4v) is 3.08. The molecule has 5 heteroatoms. The summed E-state index contributed by atoms with van der Waals surface area (Å²) in [7, 11) is 2.21. The third-order valence-corrected chi connectivity index (χ3v) is 3.87. The van der Waals surface area contributed by atoms with Crippen molar-refractivity contribution < 1.29 is 0 Å². The van der Waals surface area contributed by atoms with Crippen molar-refractivity contribution in [3.8, 4) is 0 Å². The predicted octanol–water partition coefficient (Wildman–Crippen LogP) is -0.0669. The lowest BCUT2D eigenvalue weighted by Gasteiger charge is -2.20. The summed E-state index contributed by atoms with van der Waals surface area (Å²) >= 11 is 0. The number of aromatic nitrogens is 2. The lowest BCUT2D eigenvalue weighted by atomic mass is 10.0. The number of rotatable bonds is 2. The highest BCUT2D eigenvalue weighted by Crippen LogP contribution is 2.32. The minimum absolute atomic E-state index is 0.414. The molecule has 0 saturated carbocycles. The molecule has 2 aliphatic rings. The maximum absolute atomic E-state index is 5.58. The first-order valence-electron chi connectivity index (χ1n) is 6.21. The van der Waals surface area contributed by atoms with Crippen LogP contribution in [0, 0.1) is 11.8 Å². The molecule has 0 amide bonds. The Balaban J connectivity index is 1.74. The third kappa shape index (κ3) is 2.00. The van der Waals surface area contributed by atoms with Gasteiger partial charge >= 0.3 is 0 Å². The van der Waals surface area contributed by atoms with Crippen LogP contribution >= 0.6 is 0 Å². The van der Waals surface area contributed by atoms with Gasteiger partial charge in [0.15, 0.2) is 0 Å². The maximum Gasteiger partial charge on any atom is 0.144 e. The van der Waals surface area contributed by atoms with E-state index in [-0.39, 0.29) is 0 Å². The Morgan fingerprint density at radius 2 is 2.00 bits per heavy atom. The molecule has 3 rings (SSSR count). The minimum atomic E-state index is 0.414. The second-order valence-electron chi connectivity index (χ2n) is 5.18. The van der Waals surface area contributed by atoms with Crippen LogP contribution in [0.5, 0.6) is 0 Å². The number of anilines is 1. The summed E-state index contributed by atoms with van der Waals surface area (Å²) in [6.45, 7) is 5.09. The lowest BCUT2D eigenvalue weighted by Crippen LogP contribution is -2.27. The third-order valence-electron chi connectivity index (χ3n) is 3.87. The van der Waals surface area contributed by atoms with Crippen molar-refractivity contribution in [2.75, 3.05) is 38.1 Å². The second-order valence-corrected chi connectivity index (χ2v) is 5.18. The van der Waals surface area contributed by atoms with Crippen LogP contribution < -0.4 is 10.6 Å². The molecular formula is C12H19N5. The molecule has 92 valence electrons. The van der Waals surface area contributed by atoms with Crippen molar-refractivity contribution in [2.24, 2.45) is 17.6 Å². The summed E-state index contributed by atoms with van der Waals surface area (Å²) in [5, 5.41) is 0. The molecule has 0 aromatic carbocycles. The Morgan fingerprint density at radius 3 is 2.65 bits per heavy atom. The molecule has 1 aromatic rings. The fraction of sp³-hybridized carbons (Fsp3) is 0.667. The smallest absolute Gasteiger partial charge is 0.144 e. The highest BCUT2D eigenvalue weighted by molar-refractivity contribution is 5.39. The van der Waals surface area contributed by atoms with Crippen LogP contribution in [0.2, 0.25) is 0 Å². The summed E-state index contributed by atoms with van der Waals surface area (Å²) in [4.78, 5) is 13.4. The topological polar surface area (TPSA) is 58.3 Å². The summed E-state index contributed by atoms with van der Waals surface area (Å²) in [5.74, 6) is 3.38. The zero-order valence-electron chi connectivity index (χ0n) is 10.2. The Labute approximate surface area is 102 Å². The molecule has 2 fully saturated rings. The number of nitrogens with zero attached hydrogens (tertiary/aromatic N) is 4. The van der Waals surface area contributed by atoms with E-state index < -0.39 is 0 Å². The van der Waals surface area contributed by atoms with Gasteiger partial charge in [-0.25, -0.2) is 9.97 Å². The van der Waals surface area contributed by atoms with Crippen molar-refractivity contribution in [3.63, 3.8) is 0 Å². The van der Waals surface area contributed by atoms with Gasteiger partial charge in [0.1, 0.15) is 11.6 Å². The van der Waals surface area contributed by atoms with Crippen molar-refractivity contribution in [2.45, 2.75) is 6.54 Å². The van der Waals surface area contributed by atoms with E-state index in [1.54, 1.807) is 0 Å². The molecule has 2 saturated heterocycles. The largest absolute Gasteiger partial charge is 0.356 e. The number of hydrogen-bond donors (Lipinski definition) is 1. The molecule has 17 heavy (non-hydrogen) atoms. The van der Waals surface area contributed by atoms with Gasteiger partial charge in [0.25, 0.3) is 0 Å². The van der Waals surface area contributed by atoms with Crippen molar-refractivity contribution in [1.82, 2.24) is 14.9 Å². The second kappa shape index (κ2) is 4.23. The number of fused-ring (bicyclic) bond motifs is 1. The van der Waals surface area contributed by atoms with Gasteiger partial charge in [-0.1, -0.05) is 0 Å². The van der Waals surface area contributed by atoms with Crippen LogP contribution in [-0.4, -0.2) is 48.1 Å². The van der Waals surface area contributed by atoms with Gasteiger partial charge in [0, 0.05) is 32.4 Å². The van der Waals surface area contributed by atoms with E-state index in [0.29, 0.717) is 6.54 Å². The van der Waals surface area contributed by atoms with Crippen molar-refractivity contribution in [3.05, 3.63) is 18.1 Å². The van der Waals surface area contributed by atoms with E-state index in [9.17, 15) is 0 Å².